The molecular weight excluding hydrogens is 452 g/mol. The second kappa shape index (κ2) is 11.5. The van der Waals surface area contributed by atoms with Crippen LogP contribution in [0.1, 0.15) is 51.5 Å². The molecule has 0 saturated heterocycles. The molecule has 1 aliphatic rings. The van der Waals surface area contributed by atoms with E-state index in [0.717, 1.165) is 29.5 Å². The fraction of sp³-hybridized carbons (Fsp3) is 0.480. The lowest BCUT2D eigenvalue weighted by Gasteiger charge is -2.31. The monoisotopic (exact) mass is 484 g/mol. The number of hydrogen-bond acceptors (Lipinski definition) is 6. The maximum absolute atomic E-state index is 13.3. The molecule has 0 aliphatic heterocycles. The molecule has 1 aromatic heterocycles. The van der Waals surface area contributed by atoms with Crippen LogP contribution in [0.4, 0.5) is 0 Å². The lowest BCUT2D eigenvalue weighted by atomic mass is 9.94. The van der Waals surface area contributed by atoms with Gasteiger partial charge in [0.15, 0.2) is 0 Å². The van der Waals surface area contributed by atoms with Crippen molar-refractivity contribution < 1.29 is 19.5 Å². The van der Waals surface area contributed by atoms with Crippen LogP contribution >= 0.6 is 12.6 Å². The van der Waals surface area contributed by atoms with E-state index in [-0.39, 0.29) is 12.3 Å². The average Bonchev–Trinajstić information content (AvgIpc) is 3.29. The lowest BCUT2D eigenvalue weighted by molar-refractivity contribution is -0.143. The molecule has 3 N–H and O–H groups in total. The summed E-state index contributed by atoms with van der Waals surface area (Å²) >= 11 is 4.40. The number of carboxylic acids is 1. The molecule has 0 bridgehead atoms. The molecular formula is C25H32N4O4S. The Labute approximate surface area is 205 Å². The number of nitrogens with zero attached hydrogens (tertiary/aromatic N) is 2. The van der Waals surface area contributed by atoms with Gasteiger partial charge in [-0.05, 0) is 36.3 Å². The summed E-state index contributed by atoms with van der Waals surface area (Å²) in [7, 11) is 0. The van der Waals surface area contributed by atoms with Gasteiger partial charge in [0.25, 0.3) is 0 Å². The minimum absolute atomic E-state index is 0.124. The summed E-state index contributed by atoms with van der Waals surface area (Å²) in [5, 5.41) is 14.8. The molecule has 9 heteroatoms. The van der Waals surface area contributed by atoms with Crippen LogP contribution in [0.5, 0.6) is 0 Å². The summed E-state index contributed by atoms with van der Waals surface area (Å²) < 4.78 is 0. The maximum Gasteiger partial charge on any atom is 0.326 e. The number of amides is 2. The minimum Gasteiger partial charge on any atom is -0.480 e. The largest absolute Gasteiger partial charge is 0.480 e. The van der Waals surface area contributed by atoms with Crippen molar-refractivity contribution in [3.05, 3.63) is 48.5 Å². The Kier molecular flexibility index (Phi) is 8.66. The van der Waals surface area contributed by atoms with Crippen LogP contribution in [0.25, 0.3) is 11.1 Å². The van der Waals surface area contributed by atoms with E-state index in [2.05, 4.69) is 33.2 Å². The summed E-state index contributed by atoms with van der Waals surface area (Å²) in [6.45, 7) is 4.01. The predicted molar refractivity (Wildman–Crippen MR) is 132 cm³/mol. The predicted octanol–water partition coefficient (Wildman–Crippen LogP) is 3.03. The zero-order chi connectivity index (χ0) is 24.7. The van der Waals surface area contributed by atoms with Gasteiger partial charge < -0.3 is 15.7 Å². The van der Waals surface area contributed by atoms with E-state index in [9.17, 15) is 19.5 Å². The van der Waals surface area contributed by atoms with Crippen molar-refractivity contribution in [2.45, 2.75) is 69.2 Å². The van der Waals surface area contributed by atoms with E-state index >= 15 is 0 Å². The third kappa shape index (κ3) is 6.56. The first kappa shape index (κ1) is 25.7. The number of aliphatic carboxylic acids is 1. The molecule has 1 fully saturated rings. The van der Waals surface area contributed by atoms with Crippen LogP contribution in [-0.2, 0) is 20.8 Å². The third-order valence-corrected chi connectivity index (χ3v) is 6.59. The molecule has 34 heavy (non-hydrogen) atoms. The second-order valence-corrected chi connectivity index (χ2v) is 9.94. The van der Waals surface area contributed by atoms with Crippen molar-refractivity contribution in [3.63, 3.8) is 0 Å². The molecule has 1 saturated carbocycles. The molecule has 182 valence electrons. The Bertz CT molecular complexity index is 992. The fourth-order valence-corrected chi connectivity index (χ4v) is 4.76. The Balaban J connectivity index is 1.69. The van der Waals surface area contributed by atoms with Crippen LogP contribution in [0.15, 0.2) is 43.0 Å². The van der Waals surface area contributed by atoms with Gasteiger partial charge in [-0.1, -0.05) is 51.0 Å². The van der Waals surface area contributed by atoms with Crippen molar-refractivity contribution in [2.24, 2.45) is 5.92 Å². The van der Waals surface area contributed by atoms with Crippen molar-refractivity contribution in [2.75, 3.05) is 0 Å². The van der Waals surface area contributed by atoms with E-state index < -0.39 is 28.7 Å². The number of carboxylic acid groups (broad SMARTS) is 1. The minimum atomic E-state index is -1.12. The second-order valence-electron chi connectivity index (χ2n) is 9.32. The van der Waals surface area contributed by atoms with Crippen LogP contribution in [0.3, 0.4) is 0 Å². The molecule has 1 aromatic carbocycles. The lowest BCUT2D eigenvalue weighted by Crippen LogP contribution is -2.61. The first-order valence-corrected chi connectivity index (χ1v) is 12.1. The highest BCUT2D eigenvalue weighted by molar-refractivity contribution is 7.81. The van der Waals surface area contributed by atoms with Gasteiger partial charge >= 0.3 is 5.97 Å². The third-order valence-electron chi connectivity index (χ3n) is 6.14. The van der Waals surface area contributed by atoms with Crippen molar-refractivity contribution in [1.82, 2.24) is 20.6 Å². The molecule has 3 rings (SSSR count). The highest BCUT2D eigenvalue weighted by Crippen LogP contribution is 2.31. The zero-order valence-electron chi connectivity index (χ0n) is 19.5. The number of carbonyl (C=O) groups is 3. The first-order valence-electron chi connectivity index (χ1n) is 11.6. The smallest absolute Gasteiger partial charge is 0.326 e. The Morgan fingerprint density at radius 1 is 1.06 bits per heavy atom. The number of nitrogens with one attached hydrogen (secondary N) is 2. The molecule has 2 amide bonds. The van der Waals surface area contributed by atoms with Gasteiger partial charge in [-0.3, -0.25) is 9.59 Å². The molecule has 0 radical (unpaired) electrons. The highest BCUT2D eigenvalue weighted by atomic mass is 32.1. The Morgan fingerprint density at radius 2 is 1.68 bits per heavy atom. The molecule has 1 heterocycles. The van der Waals surface area contributed by atoms with Crippen LogP contribution in [-0.4, -0.2) is 49.7 Å². The van der Waals surface area contributed by atoms with Gasteiger partial charge in [-0.15, -0.1) is 0 Å². The van der Waals surface area contributed by atoms with Gasteiger partial charge in [0.1, 0.15) is 17.9 Å². The summed E-state index contributed by atoms with van der Waals surface area (Å²) in [5.74, 6) is -1.57. The molecule has 2 unspecified atom stereocenters. The zero-order valence-corrected chi connectivity index (χ0v) is 20.4. The van der Waals surface area contributed by atoms with E-state index in [1.165, 1.54) is 6.33 Å². The van der Waals surface area contributed by atoms with Crippen molar-refractivity contribution in [1.29, 1.82) is 0 Å². The van der Waals surface area contributed by atoms with E-state index in [0.29, 0.717) is 25.2 Å². The molecule has 8 nitrogen and oxygen atoms in total. The van der Waals surface area contributed by atoms with Crippen molar-refractivity contribution in [3.8, 4) is 11.1 Å². The molecule has 2 atom stereocenters. The number of benzene rings is 1. The number of thiol groups is 1. The summed E-state index contributed by atoms with van der Waals surface area (Å²) in [6, 6.07) is 6.28. The van der Waals surface area contributed by atoms with Crippen LogP contribution in [0, 0.1) is 5.92 Å². The number of rotatable bonds is 10. The van der Waals surface area contributed by atoms with Gasteiger partial charge in [0.2, 0.25) is 11.8 Å². The number of carbonyl (C=O) groups excluding carboxylic acids is 2. The first-order chi connectivity index (χ1) is 16.2. The number of aromatic nitrogens is 2. The van der Waals surface area contributed by atoms with Gasteiger partial charge in [-0.25, -0.2) is 14.8 Å². The van der Waals surface area contributed by atoms with E-state index in [1.54, 1.807) is 12.4 Å². The van der Waals surface area contributed by atoms with E-state index in [1.807, 2.05) is 38.1 Å². The van der Waals surface area contributed by atoms with E-state index in [4.69, 9.17) is 0 Å². The highest BCUT2D eigenvalue weighted by Gasteiger charge is 2.44. The summed E-state index contributed by atoms with van der Waals surface area (Å²) in [4.78, 5) is 46.0. The quantitative estimate of drug-likeness (QED) is 0.385. The molecule has 0 spiro atoms. The van der Waals surface area contributed by atoms with Crippen LogP contribution in [0.2, 0.25) is 0 Å². The maximum atomic E-state index is 13.3. The topological polar surface area (TPSA) is 121 Å². The Morgan fingerprint density at radius 3 is 2.24 bits per heavy atom. The van der Waals surface area contributed by atoms with Crippen molar-refractivity contribution >= 4 is 30.4 Å². The SMILES string of the molecule is CC(C)CC(S)C(=O)NC1(C(=O)NC(Cc2ccc(-c3cncnc3)cc2)C(=O)O)CCCC1. The average molecular weight is 485 g/mol. The standard InChI is InChI=1S/C25H32N4O4S/c1-16(2)11-21(34)22(30)29-25(9-3-4-10-25)24(33)28-20(23(31)32)12-17-5-7-18(8-6-17)19-13-26-15-27-14-19/h5-8,13-16,20-21,34H,3-4,9-12H2,1-2H3,(H,28,33)(H,29,30)(H,31,32). The summed E-state index contributed by atoms with van der Waals surface area (Å²) in [6.07, 6.45) is 8.12. The van der Waals surface area contributed by atoms with Gasteiger partial charge in [0, 0.05) is 24.4 Å². The number of hydrogen-bond donors (Lipinski definition) is 4. The van der Waals surface area contributed by atoms with Crippen LogP contribution < -0.4 is 10.6 Å². The normalized spacial score (nSPS) is 16.6. The Hall–Kier alpha value is -2.94. The fourth-order valence-electron chi connectivity index (χ4n) is 4.27. The molecule has 1 aliphatic carbocycles. The molecule has 2 aromatic rings. The summed E-state index contributed by atoms with van der Waals surface area (Å²) in [5.41, 5.74) is 1.44. The van der Waals surface area contributed by atoms with Gasteiger partial charge in [-0.2, -0.15) is 12.6 Å². The van der Waals surface area contributed by atoms with Gasteiger partial charge in [0.05, 0.1) is 5.25 Å².